The van der Waals surface area contributed by atoms with Crippen LogP contribution in [0.15, 0.2) is 49.6 Å². The van der Waals surface area contributed by atoms with Gasteiger partial charge in [-0.15, -0.1) is 13.2 Å². The number of amides is 2. The normalized spacial score (nSPS) is 28.3. The minimum absolute atomic E-state index is 0.116. The molecule has 1 spiro atoms. The van der Waals surface area contributed by atoms with Crippen molar-refractivity contribution in [2.75, 3.05) is 38.3 Å². The van der Waals surface area contributed by atoms with Crippen LogP contribution < -0.4 is 9.64 Å². The number of halogens is 1. The van der Waals surface area contributed by atoms with Crippen LogP contribution >= 0.6 is 15.9 Å². The van der Waals surface area contributed by atoms with E-state index in [1.54, 1.807) is 53.3 Å². The number of esters is 1. The molecule has 3 unspecified atom stereocenters. The smallest absolute Gasteiger partial charge is 0.312 e. The van der Waals surface area contributed by atoms with Gasteiger partial charge >= 0.3 is 5.97 Å². The summed E-state index contributed by atoms with van der Waals surface area (Å²) in [7, 11) is 1.58. The Morgan fingerprint density at radius 2 is 1.93 bits per heavy atom. The molecule has 3 aliphatic heterocycles. The third-order valence-electron chi connectivity index (χ3n) is 8.13. The molecule has 40 heavy (non-hydrogen) atoms. The highest BCUT2D eigenvalue weighted by Crippen LogP contribution is 2.60. The lowest BCUT2D eigenvalue weighted by Gasteiger charge is -2.37. The Kier molecular flexibility index (Phi) is 10.1. The first kappa shape index (κ1) is 30.3. The van der Waals surface area contributed by atoms with Crippen LogP contribution in [0.3, 0.4) is 0 Å². The number of carbonyl (C=O) groups is 3. The van der Waals surface area contributed by atoms with E-state index < -0.39 is 35.6 Å². The molecule has 3 saturated heterocycles. The van der Waals surface area contributed by atoms with Crippen molar-refractivity contribution in [3.63, 3.8) is 0 Å². The molecular formula is C30H39BrN2O7. The van der Waals surface area contributed by atoms with Gasteiger partial charge in [0.25, 0.3) is 5.91 Å². The molecule has 0 radical (unpaired) electrons. The van der Waals surface area contributed by atoms with Gasteiger partial charge < -0.3 is 29.1 Å². The van der Waals surface area contributed by atoms with E-state index in [1.165, 1.54) is 0 Å². The molecule has 2 amide bonds. The minimum atomic E-state index is -1.16. The molecule has 6 atom stereocenters. The molecule has 0 saturated carbocycles. The standard InChI is InChI=1S/C30H39BrN2O7/c1-4-6-18-39-29(37)23-24-27(35)33(16-9-7-8-10-17-34)26(30(24)19-22(31)25(23)40-30)28(36)32(15-5-2)20-11-13-21(38-3)14-12-20/h4-5,11-14,22-26,34H,1-2,6-10,15-19H2,3H3/t22?,23-,24-,25-,26?,30?/m0/s1. The molecule has 218 valence electrons. The Bertz CT molecular complexity index is 1100. The number of unbranched alkanes of at least 4 members (excludes halogenated alkanes) is 3. The van der Waals surface area contributed by atoms with Gasteiger partial charge in [0.1, 0.15) is 17.4 Å². The number of likely N-dealkylation sites (tertiary alicyclic amines) is 1. The molecule has 4 rings (SSSR count). The molecule has 10 heteroatoms. The average molecular weight is 620 g/mol. The first-order valence-corrected chi connectivity index (χ1v) is 14.8. The predicted molar refractivity (Wildman–Crippen MR) is 154 cm³/mol. The molecule has 0 aliphatic carbocycles. The maximum absolute atomic E-state index is 14.5. The van der Waals surface area contributed by atoms with Crippen molar-refractivity contribution in [1.82, 2.24) is 4.90 Å². The molecule has 0 aromatic heterocycles. The molecule has 3 aliphatic rings. The summed E-state index contributed by atoms with van der Waals surface area (Å²) in [5, 5.41) is 9.15. The number of hydrogen-bond donors (Lipinski definition) is 1. The zero-order chi connectivity index (χ0) is 28.9. The Hall–Kier alpha value is -2.69. The van der Waals surface area contributed by atoms with E-state index in [0.29, 0.717) is 43.7 Å². The summed E-state index contributed by atoms with van der Waals surface area (Å²) in [6, 6.07) is 6.23. The summed E-state index contributed by atoms with van der Waals surface area (Å²) in [4.78, 5) is 44.9. The number of anilines is 1. The molecule has 3 heterocycles. The van der Waals surface area contributed by atoms with E-state index in [9.17, 15) is 14.4 Å². The zero-order valence-electron chi connectivity index (χ0n) is 23.0. The van der Waals surface area contributed by atoms with Gasteiger partial charge in [-0.3, -0.25) is 14.4 Å². The second-order valence-corrected chi connectivity index (χ2v) is 11.7. The summed E-state index contributed by atoms with van der Waals surface area (Å²) < 4.78 is 17.4. The molecule has 2 bridgehead atoms. The Balaban J connectivity index is 1.70. The van der Waals surface area contributed by atoms with E-state index >= 15 is 0 Å². The highest BCUT2D eigenvalue weighted by molar-refractivity contribution is 9.09. The maximum Gasteiger partial charge on any atom is 0.312 e. The fourth-order valence-electron chi connectivity index (χ4n) is 6.37. The van der Waals surface area contributed by atoms with Gasteiger partial charge in [0.15, 0.2) is 0 Å². The number of benzene rings is 1. The van der Waals surface area contributed by atoms with Crippen molar-refractivity contribution in [3.8, 4) is 5.75 Å². The van der Waals surface area contributed by atoms with Crippen molar-refractivity contribution in [2.45, 2.75) is 61.1 Å². The number of nitrogens with zero attached hydrogens (tertiary/aromatic N) is 2. The number of methoxy groups -OCH3 is 1. The molecule has 9 nitrogen and oxygen atoms in total. The third-order valence-corrected chi connectivity index (χ3v) is 8.98. The van der Waals surface area contributed by atoms with E-state index in [4.69, 9.17) is 19.3 Å². The van der Waals surface area contributed by atoms with Crippen LogP contribution in [0.2, 0.25) is 0 Å². The molecule has 1 aromatic rings. The van der Waals surface area contributed by atoms with Crippen molar-refractivity contribution in [2.24, 2.45) is 11.8 Å². The molecule has 1 aromatic carbocycles. The number of aliphatic hydroxyl groups is 1. The van der Waals surface area contributed by atoms with Crippen molar-refractivity contribution < 1.29 is 33.7 Å². The fraction of sp³-hybridized carbons (Fsp3) is 0.567. The predicted octanol–water partition coefficient (Wildman–Crippen LogP) is 3.63. The second-order valence-electron chi connectivity index (χ2n) is 10.5. The monoisotopic (exact) mass is 618 g/mol. The van der Waals surface area contributed by atoms with Gasteiger partial charge in [0.2, 0.25) is 5.91 Å². The Morgan fingerprint density at radius 1 is 1.20 bits per heavy atom. The largest absolute Gasteiger partial charge is 0.497 e. The average Bonchev–Trinajstić information content (AvgIpc) is 3.54. The molecule has 1 N–H and O–H groups in total. The Labute approximate surface area is 244 Å². The molecule has 3 fully saturated rings. The summed E-state index contributed by atoms with van der Waals surface area (Å²) in [6.45, 7) is 8.39. The number of rotatable bonds is 15. The van der Waals surface area contributed by atoms with Gasteiger partial charge in [-0.1, -0.05) is 40.9 Å². The molecular weight excluding hydrogens is 580 g/mol. The van der Waals surface area contributed by atoms with Gasteiger partial charge in [-0.2, -0.15) is 0 Å². The third kappa shape index (κ3) is 5.58. The highest BCUT2D eigenvalue weighted by Gasteiger charge is 2.77. The van der Waals surface area contributed by atoms with Crippen molar-refractivity contribution in [3.05, 3.63) is 49.6 Å². The summed E-state index contributed by atoms with van der Waals surface area (Å²) >= 11 is 3.69. The van der Waals surface area contributed by atoms with Gasteiger partial charge in [-0.25, -0.2) is 0 Å². The van der Waals surface area contributed by atoms with Crippen LogP contribution in [0.4, 0.5) is 5.69 Å². The lowest BCUT2D eigenvalue weighted by atomic mass is 9.70. The summed E-state index contributed by atoms with van der Waals surface area (Å²) in [5.74, 6) is -1.97. The highest BCUT2D eigenvalue weighted by atomic mass is 79.9. The van der Waals surface area contributed by atoms with Crippen LogP contribution in [0, 0.1) is 11.8 Å². The van der Waals surface area contributed by atoms with Crippen LogP contribution in [0.25, 0.3) is 0 Å². The van der Waals surface area contributed by atoms with Crippen LogP contribution in [0.1, 0.15) is 38.5 Å². The number of carbonyl (C=O) groups excluding carboxylic acids is 3. The quantitative estimate of drug-likeness (QED) is 0.138. The summed E-state index contributed by atoms with van der Waals surface area (Å²) in [6.07, 6.45) is 6.64. The fourth-order valence-corrected chi connectivity index (χ4v) is 7.31. The van der Waals surface area contributed by atoms with Crippen molar-refractivity contribution >= 4 is 39.4 Å². The van der Waals surface area contributed by atoms with E-state index in [2.05, 4.69) is 29.1 Å². The van der Waals surface area contributed by atoms with E-state index in [0.717, 1.165) is 12.8 Å². The first-order valence-electron chi connectivity index (χ1n) is 13.9. The van der Waals surface area contributed by atoms with Crippen LogP contribution in [-0.2, 0) is 23.9 Å². The number of ether oxygens (including phenoxy) is 3. The number of fused-ring (bicyclic) bond motifs is 1. The summed E-state index contributed by atoms with van der Waals surface area (Å²) in [5.41, 5.74) is -0.518. The van der Waals surface area contributed by atoms with Gasteiger partial charge in [0.05, 0.1) is 31.7 Å². The Morgan fingerprint density at radius 3 is 2.58 bits per heavy atom. The first-order chi connectivity index (χ1) is 19.3. The van der Waals surface area contributed by atoms with Gasteiger partial charge in [0, 0.05) is 30.2 Å². The lowest BCUT2D eigenvalue weighted by Crippen LogP contribution is -2.57. The number of aliphatic hydroxyl groups excluding tert-OH is 1. The van der Waals surface area contributed by atoms with Crippen LogP contribution in [0.5, 0.6) is 5.75 Å². The maximum atomic E-state index is 14.5. The minimum Gasteiger partial charge on any atom is -0.497 e. The SMILES string of the molecule is C=CCCOC(=O)[C@H]1[C@H]2C(=O)N(CCCCCCO)C(C(=O)N(CC=C)c3ccc(OC)cc3)C23CC(Br)[C@@H]1O3. The zero-order valence-corrected chi connectivity index (χ0v) is 24.6. The van der Waals surface area contributed by atoms with Crippen molar-refractivity contribution in [1.29, 1.82) is 0 Å². The van der Waals surface area contributed by atoms with E-state index in [-0.39, 0.29) is 36.4 Å². The lowest BCUT2D eigenvalue weighted by molar-refractivity contribution is -0.154. The second kappa shape index (κ2) is 13.3. The van der Waals surface area contributed by atoms with Crippen LogP contribution in [-0.4, -0.2) is 83.8 Å². The topological polar surface area (TPSA) is 106 Å². The number of alkyl halides is 1. The number of hydrogen-bond acceptors (Lipinski definition) is 7. The van der Waals surface area contributed by atoms with E-state index in [1.807, 2.05) is 0 Å². The van der Waals surface area contributed by atoms with Gasteiger partial charge in [-0.05, 0) is 49.9 Å².